The van der Waals surface area contributed by atoms with Gasteiger partial charge in [-0.2, -0.15) is 5.10 Å². The molecule has 0 spiro atoms. The van der Waals surface area contributed by atoms with E-state index in [-0.39, 0.29) is 17.7 Å². The molecule has 0 aliphatic carbocycles. The Bertz CT molecular complexity index is 1440. The molecule has 0 bridgehead atoms. The van der Waals surface area contributed by atoms with Gasteiger partial charge in [0, 0.05) is 29.4 Å². The van der Waals surface area contributed by atoms with Crippen molar-refractivity contribution in [1.29, 1.82) is 0 Å². The average molecular weight is 513 g/mol. The molecule has 2 heterocycles. The number of para-hydroxylation sites is 1. The fraction of sp³-hybridized carbons (Fsp3) is 0.259. The summed E-state index contributed by atoms with van der Waals surface area (Å²) < 4.78 is 35.6. The van der Waals surface area contributed by atoms with E-state index in [0.717, 1.165) is 11.6 Å². The number of benzene rings is 2. The summed E-state index contributed by atoms with van der Waals surface area (Å²) >= 11 is 6.47. The van der Waals surface area contributed by atoms with Crippen LogP contribution in [0.2, 0.25) is 5.02 Å². The van der Waals surface area contributed by atoms with Gasteiger partial charge in [-0.1, -0.05) is 30.3 Å². The number of hydrogen-bond donors (Lipinski definition) is 1. The van der Waals surface area contributed by atoms with Gasteiger partial charge in [0.05, 0.1) is 35.2 Å². The zero-order valence-corrected chi connectivity index (χ0v) is 21.2. The van der Waals surface area contributed by atoms with Crippen LogP contribution in [-0.2, 0) is 6.61 Å². The van der Waals surface area contributed by atoms with Crippen molar-refractivity contribution in [3.63, 3.8) is 0 Å². The Hall–Kier alpha value is -3.49. The lowest BCUT2D eigenvalue weighted by atomic mass is 9.99. The molecule has 188 valence electrons. The number of aromatic nitrogens is 3. The maximum absolute atomic E-state index is 14.4. The van der Waals surface area contributed by atoms with Crippen molar-refractivity contribution in [1.82, 2.24) is 19.7 Å². The third-order valence-electron chi connectivity index (χ3n) is 6.24. The molecule has 0 saturated heterocycles. The van der Waals surface area contributed by atoms with E-state index in [9.17, 15) is 13.9 Å². The second-order valence-electron chi connectivity index (χ2n) is 8.74. The van der Waals surface area contributed by atoms with E-state index in [1.165, 1.54) is 23.0 Å². The highest BCUT2D eigenvalue weighted by molar-refractivity contribution is 6.31. The summed E-state index contributed by atoms with van der Waals surface area (Å²) in [5, 5.41) is 15.0. The molecule has 2 aromatic heterocycles. The number of aliphatic hydroxyl groups excluding tert-OH is 1. The standard InChI is InChI=1S/C27H27ClF2N4O2/c1-15-9-25(34-13-20(30)12-31-34)21-7-6-8-26(27(21)32-15)36-14-23-22(10-19(29)11-24(23)28)17(3)33(5)16(2)18(4)35/h6-13,17-18,35H,2,14H2,1,3-5H3/t17-,18-/m0/s1. The molecular formula is C27H27ClF2N4O2. The summed E-state index contributed by atoms with van der Waals surface area (Å²) in [6, 6.07) is 9.59. The number of aryl methyl sites for hydroxylation is 1. The second kappa shape index (κ2) is 10.2. The number of rotatable bonds is 8. The number of ether oxygens (including phenoxy) is 1. The lowest BCUT2D eigenvalue weighted by Crippen LogP contribution is -2.28. The number of pyridine rings is 1. The van der Waals surface area contributed by atoms with Gasteiger partial charge in [0.25, 0.3) is 0 Å². The molecule has 0 unspecified atom stereocenters. The van der Waals surface area contributed by atoms with E-state index < -0.39 is 17.7 Å². The molecule has 4 rings (SSSR count). The van der Waals surface area contributed by atoms with Gasteiger partial charge in [0.1, 0.15) is 23.7 Å². The number of hydrogen-bond acceptors (Lipinski definition) is 5. The van der Waals surface area contributed by atoms with Gasteiger partial charge in [0.2, 0.25) is 0 Å². The third kappa shape index (κ3) is 5.05. The number of aliphatic hydroxyl groups is 1. The van der Waals surface area contributed by atoms with E-state index >= 15 is 0 Å². The van der Waals surface area contributed by atoms with E-state index in [4.69, 9.17) is 16.3 Å². The average Bonchev–Trinajstić information content (AvgIpc) is 3.27. The predicted molar refractivity (Wildman–Crippen MR) is 136 cm³/mol. The molecular weight excluding hydrogens is 486 g/mol. The summed E-state index contributed by atoms with van der Waals surface area (Å²) in [5.74, 6) is -0.424. The first-order valence-electron chi connectivity index (χ1n) is 11.4. The Morgan fingerprint density at radius 3 is 2.64 bits per heavy atom. The van der Waals surface area contributed by atoms with Crippen LogP contribution in [0.3, 0.4) is 0 Å². The first kappa shape index (κ1) is 25.6. The number of halogens is 3. The molecule has 1 N–H and O–H groups in total. The molecule has 0 fully saturated rings. The van der Waals surface area contributed by atoms with Crippen LogP contribution in [0.15, 0.2) is 61.1 Å². The molecule has 36 heavy (non-hydrogen) atoms. The Morgan fingerprint density at radius 2 is 1.97 bits per heavy atom. The Kier molecular flexibility index (Phi) is 7.28. The van der Waals surface area contributed by atoms with Crippen molar-refractivity contribution in [3.05, 3.63) is 94.5 Å². The smallest absolute Gasteiger partial charge is 0.161 e. The van der Waals surface area contributed by atoms with Gasteiger partial charge in [-0.3, -0.25) is 0 Å². The van der Waals surface area contributed by atoms with Gasteiger partial charge < -0.3 is 14.7 Å². The van der Waals surface area contributed by atoms with Crippen molar-refractivity contribution in [2.45, 2.75) is 39.5 Å². The Morgan fingerprint density at radius 1 is 1.22 bits per heavy atom. The lowest BCUT2D eigenvalue weighted by Gasteiger charge is -2.32. The van der Waals surface area contributed by atoms with Crippen LogP contribution in [-0.4, -0.2) is 37.9 Å². The zero-order chi connectivity index (χ0) is 26.1. The van der Waals surface area contributed by atoms with Crippen molar-refractivity contribution < 1.29 is 18.6 Å². The van der Waals surface area contributed by atoms with Crippen LogP contribution in [0, 0.1) is 18.6 Å². The van der Waals surface area contributed by atoms with Crippen molar-refractivity contribution >= 4 is 22.5 Å². The summed E-state index contributed by atoms with van der Waals surface area (Å²) in [5.41, 5.74) is 3.66. The van der Waals surface area contributed by atoms with Gasteiger partial charge in [-0.05, 0) is 50.6 Å². The fourth-order valence-corrected chi connectivity index (χ4v) is 4.39. The minimum absolute atomic E-state index is 0.0498. The van der Waals surface area contributed by atoms with Gasteiger partial charge in [0.15, 0.2) is 5.82 Å². The van der Waals surface area contributed by atoms with Crippen LogP contribution >= 0.6 is 11.6 Å². The van der Waals surface area contributed by atoms with Crippen LogP contribution in [0.4, 0.5) is 8.78 Å². The summed E-state index contributed by atoms with van der Waals surface area (Å²) in [6.07, 6.45) is 1.68. The first-order chi connectivity index (χ1) is 17.1. The summed E-state index contributed by atoms with van der Waals surface area (Å²) in [6.45, 7) is 9.31. The zero-order valence-electron chi connectivity index (χ0n) is 20.5. The number of fused-ring (bicyclic) bond motifs is 1. The van der Waals surface area contributed by atoms with Gasteiger partial charge in [-0.15, -0.1) is 0 Å². The topological polar surface area (TPSA) is 63.4 Å². The van der Waals surface area contributed by atoms with Crippen LogP contribution in [0.5, 0.6) is 5.75 Å². The second-order valence-corrected chi connectivity index (χ2v) is 9.14. The quantitative estimate of drug-likeness (QED) is 0.308. The number of likely N-dealkylation sites (N-methyl/N-ethyl adjacent to an activating group) is 1. The van der Waals surface area contributed by atoms with Gasteiger partial charge in [-0.25, -0.2) is 18.4 Å². The largest absolute Gasteiger partial charge is 0.487 e. The molecule has 0 radical (unpaired) electrons. The van der Waals surface area contributed by atoms with Crippen LogP contribution < -0.4 is 4.74 Å². The lowest BCUT2D eigenvalue weighted by molar-refractivity contribution is 0.173. The van der Waals surface area contributed by atoms with Crippen LogP contribution in [0.25, 0.3) is 16.6 Å². The molecule has 4 aromatic rings. The first-order valence-corrected chi connectivity index (χ1v) is 11.8. The van der Waals surface area contributed by atoms with Crippen LogP contribution in [0.1, 0.15) is 36.7 Å². The van der Waals surface area contributed by atoms with Crippen molar-refractivity contribution in [2.24, 2.45) is 0 Å². The molecule has 0 amide bonds. The number of nitrogens with zero attached hydrogens (tertiary/aromatic N) is 4. The van der Waals surface area contributed by atoms with Crippen molar-refractivity contribution in [2.75, 3.05) is 7.05 Å². The van der Waals surface area contributed by atoms with E-state index in [0.29, 0.717) is 39.5 Å². The van der Waals surface area contributed by atoms with E-state index in [1.807, 2.05) is 32.0 Å². The molecule has 0 aliphatic heterocycles. The molecule has 2 aromatic carbocycles. The maximum Gasteiger partial charge on any atom is 0.161 e. The molecule has 0 saturated carbocycles. The summed E-state index contributed by atoms with van der Waals surface area (Å²) in [7, 11) is 1.78. The monoisotopic (exact) mass is 512 g/mol. The highest BCUT2D eigenvalue weighted by Gasteiger charge is 2.22. The summed E-state index contributed by atoms with van der Waals surface area (Å²) in [4.78, 5) is 6.42. The molecule has 6 nitrogen and oxygen atoms in total. The van der Waals surface area contributed by atoms with Crippen molar-refractivity contribution in [3.8, 4) is 11.4 Å². The molecule has 2 atom stereocenters. The van der Waals surface area contributed by atoms with E-state index in [2.05, 4.69) is 16.7 Å². The Balaban J connectivity index is 1.72. The fourth-order valence-electron chi connectivity index (χ4n) is 4.12. The third-order valence-corrected chi connectivity index (χ3v) is 6.58. The highest BCUT2D eigenvalue weighted by atomic mass is 35.5. The SMILES string of the molecule is C=C([C@H](C)O)N(C)[C@@H](C)c1cc(F)cc(Cl)c1COc1cccc2c(-n3cc(F)cn3)cc(C)nc12. The minimum atomic E-state index is -0.761. The highest BCUT2D eigenvalue weighted by Crippen LogP contribution is 2.34. The minimum Gasteiger partial charge on any atom is -0.487 e. The maximum atomic E-state index is 14.4. The normalized spacial score (nSPS) is 13.0. The molecule has 0 aliphatic rings. The molecule has 9 heteroatoms. The Labute approximate surface area is 213 Å². The predicted octanol–water partition coefficient (Wildman–Crippen LogP) is 6.13. The van der Waals surface area contributed by atoms with E-state index in [1.54, 1.807) is 24.9 Å². The van der Waals surface area contributed by atoms with Gasteiger partial charge >= 0.3 is 0 Å².